The molecule has 0 aromatic heterocycles. The first-order valence-electron chi connectivity index (χ1n) is 5.21. The van der Waals surface area contributed by atoms with Crippen molar-refractivity contribution in [1.82, 2.24) is 0 Å². The maximum Gasteiger partial charge on any atom is 0.308 e. The average Bonchev–Trinajstić information content (AvgIpc) is 2.20. The molecule has 0 saturated carbocycles. The number of aldehydes is 1. The van der Waals surface area contributed by atoms with E-state index in [1.54, 1.807) is 6.08 Å². The molecular weight excluding hydrogens is 192 g/mol. The van der Waals surface area contributed by atoms with Crippen LogP contribution in [-0.2, 0) is 14.3 Å². The highest BCUT2D eigenvalue weighted by molar-refractivity contribution is 5.78. The maximum absolute atomic E-state index is 10.5. The molecular formula is C12H18O3. The summed E-state index contributed by atoms with van der Waals surface area (Å²) in [6.07, 6.45) is 10.2. The van der Waals surface area contributed by atoms with E-state index in [0.717, 1.165) is 12.8 Å². The lowest BCUT2D eigenvalue weighted by Crippen LogP contribution is -1.99. The van der Waals surface area contributed by atoms with Gasteiger partial charge in [-0.2, -0.15) is 0 Å². The van der Waals surface area contributed by atoms with E-state index in [1.807, 2.05) is 6.08 Å². The fourth-order valence-electron chi connectivity index (χ4n) is 1.03. The van der Waals surface area contributed by atoms with E-state index in [9.17, 15) is 9.59 Å². The van der Waals surface area contributed by atoms with E-state index in [2.05, 4.69) is 11.7 Å². The van der Waals surface area contributed by atoms with Crippen molar-refractivity contribution in [3.8, 4) is 0 Å². The van der Waals surface area contributed by atoms with E-state index in [0.29, 0.717) is 6.29 Å². The number of ether oxygens (including phenoxy) is 1. The predicted octanol–water partition coefficient (Wildman–Crippen LogP) is 2.77. The molecule has 0 heterocycles. The zero-order valence-corrected chi connectivity index (χ0v) is 9.36. The van der Waals surface area contributed by atoms with Crippen LogP contribution in [0, 0.1) is 0 Å². The molecule has 0 aliphatic carbocycles. The molecule has 0 fully saturated rings. The fraction of sp³-hybridized carbons (Fsp3) is 0.500. The van der Waals surface area contributed by atoms with Gasteiger partial charge in [-0.15, -0.1) is 0 Å². The number of hydrogen-bond acceptors (Lipinski definition) is 3. The topological polar surface area (TPSA) is 43.4 Å². The molecule has 0 aliphatic heterocycles. The molecule has 3 nitrogen and oxygen atoms in total. The molecule has 0 bridgehead atoms. The predicted molar refractivity (Wildman–Crippen MR) is 59.2 cm³/mol. The van der Waals surface area contributed by atoms with Crippen LogP contribution in [0.25, 0.3) is 0 Å². The van der Waals surface area contributed by atoms with Gasteiger partial charge >= 0.3 is 5.97 Å². The van der Waals surface area contributed by atoms with Gasteiger partial charge in [0.05, 0.1) is 0 Å². The van der Waals surface area contributed by atoms with E-state index < -0.39 is 5.97 Å². The third-order valence-electron chi connectivity index (χ3n) is 1.75. The van der Waals surface area contributed by atoms with Crippen LogP contribution in [0.5, 0.6) is 0 Å². The monoisotopic (exact) mass is 210 g/mol. The minimum atomic E-state index is -0.479. The maximum atomic E-state index is 10.5. The summed E-state index contributed by atoms with van der Waals surface area (Å²) in [6.45, 7) is 3.41. The molecule has 0 amide bonds. The Hall–Kier alpha value is -1.38. The SMILES string of the molecule is CCCCCC=CC=C(C=O)OC(C)=O. The van der Waals surface area contributed by atoms with Crippen LogP contribution in [0.1, 0.15) is 39.5 Å². The average molecular weight is 210 g/mol. The number of carbonyl (C=O) groups excluding carboxylic acids is 2. The lowest BCUT2D eigenvalue weighted by molar-refractivity contribution is -0.138. The van der Waals surface area contributed by atoms with Crippen LogP contribution in [0.15, 0.2) is 24.0 Å². The molecule has 0 atom stereocenters. The Morgan fingerprint density at radius 3 is 2.60 bits per heavy atom. The quantitative estimate of drug-likeness (QED) is 0.162. The third-order valence-corrected chi connectivity index (χ3v) is 1.75. The Kier molecular flexibility index (Phi) is 8.34. The van der Waals surface area contributed by atoms with Crippen molar-refractivity contribution in [3.63, 3.8) is 0 Å². The molecule has 84 valence electrons. The van der Waals surface area contributed by atoms with Gasteiger partial charge < -0.3 is 4.74 Å². The molecule has 0 aliphatic rings. The Labute approximate surface area is 90.8 Å². The van der Waals surface area contributed by atoms with Gasteiger partial charge in [-0.1, -0.05) is 31.9 Å². The van der Waals surface area contributed by atoms with Gasteiger partial charge in [0.15, 0.2) is 12.0 Å². The molecule has 0 unspecified atom stereocenters. The van der Waals surface area contributed by atoms with Gasteiger partial charge in [-0.05, 0) is 18.9 Å². The standard InChI is InChI=1S/C12H18O3/c1-3-4-5-6-7-8-9-12(10-13)15-11(2)14/h7-10H,3-6H2,1-2H3. The molecule has 3 heteroatoms. The first kappa shape index (κ1) is 13.6. The van der Waals surface area contributed by atoms with Crippen molar-refractivity contribution in [2.24, 2.45) is 0 Å². The number of unbranched alkanes of at least 4 members (excludes halogenated alkanes) is 3. The Balaban J connectivity index is 3.88. The van der Waals surface area contributed by atoms with Crippen LogP contribution < -0.4 is 0 Å². The summed E-state index contributed by atoms with van der Waals surface area (Å²) >= 11 is 0. The number of carbonyl (C=O) groups is 2. The van der Waals surface area contributed by atoms with E-state index >= 15 is 0 Å². The number of esters is 1. The van der Waals surface area contributed by atoms with E-state index in [4.69, 9.17) is 0 Å². The smallest absolute Gasteiger partial charge is 0.308 e. The van der Waals surface area contributed by atoms with Gasteiger partial charge in [-0.3, -0.25) is 9.59 Å². The van der Waals surface area contributed by atoms with Crippen molar-refractivity contribution in [3.05, 3.63) is 24.0 Å². The van der Waals surface area contributed by atoms with Gasteiger partial charge in [0.2, 0.25) is 0 Å². The number of hydrogen-bond donors (Lipinski definition) is 0. The van der Waals surface area contributed by atoms with Crippen LogP contribution in [0.2, 0.25) is 0 Å². The minimum absolute atomic E-state index is 0.0502. The molecule has 0 aromatic rings. The summed E-state index contributed by atoms with van der Waals surface area (Å²) in [5.41, 5.74) is 0. The van der Waals surface area contributed by atoms with Crippen LogP contribution in [-0.4, -0.2) is 12.3 Å². The summed E-state index contributed by atoms with van der Waals surface area (Å²) in [4.78, 5) is 21.0. The lowest BCUT2D eigenvalue weighted by atomic mass is 10.2. The fourth-order valence-corrected chi connectivity index (χ4v) is 1.03. The highest BCUT2D eigenvalue weighted by Gasteiger charge is 1.97. The van der Waals surface area contributed by atoms with Gasteiger partial charge in [0, 0.05) is 6.92 Å². The third kappa shape index (κ3) is 8.94. The molecule has 0 saturated heterocycles. The summed E-state index contributed by atoms with van der Waals surface area (Å²) in [5.74, 6) is -0.429. The Morgan fingerprint density at radius 2 is 2.07 bits per heavy atom. The van der Waals surface area contributed by atoms with E-state index in [-0.39, 0.29) is 5.76 Å². The Morgan fingerprint density at radius 1 is 1.33 bits per heavy atom. The van der Waals surface area contributed by atoms with Crippen molar-refractivity contribution >= 4 is 12.3 Å². The van der Waals surface area contributed by atoms with Gasteiger partial charge in [-0.25, -0.2) is 0 Å². The highest BCUT2D eigenvalue weighted by Crippen LogP contribution is 2.00. The van der Waals surface area contributed by atoms with Gasteiger partial charge in [0.1, 0.15) is 0 Å². The Bertz CT molecular complexity index is 252. The van der Waals surface area contributed by atoms with Crippen molar-refractivity contribution in [1.29, 1.82) is 0 Å². The molecule has 0 radical (unpaired) electrons. The molecule has 0 spiro atoms. The normalized spacial score (nSPS) is 11.7. The first-order chi connectivity index (χ1) is 7.20. The van der Waals surface area contributed by atoms with Crippen molar-refractivity contribution in [2.45, 2.75) is 39.5 Å². The molecule has 0 aromatic carbocycles. The summed E-state index contributed by atoms with van der Waals surface area (Å²) in [5, 5.41) is 0. The van der Waals surface area contributed by atoms with E-state index in [1.165, 1.54) is 25.8 Å². The molecule has 0 rings (SSSR count). The first-order valence-corrected chi connectivity index (χ1v) is 5.21. The van der Waals surface area contributed by atoms with Crippen molar-refractivity contribution in [2.75, 3.05) is 0 Å². The lowest BCUT2D eigenvalue weighted by Gasteiger charge is -1.96. The molecule has 15 heavy (non-hydrogen) atoms. The summed E-state index contributed by atoms with van der Waals surface area (Å²) in [7, 11) is 0. The summed E-state index contributed by atoms with van der Waals surface area (Å²) < 4.78 is 4.63. The van der Waals surface area contributed by atoms with Crippen LogP contribution in [0.3, 0.4) is 0 Å². The second kappa shape index (κ2) is 9.19. The van der Waals surface area contributed by atoms with Crippen LogP contribution in [0.4, 0.5) is 0 Å². The summed E-state index contributed by atoms with van der Waals surface area (Å²) in [6, 6.07) is 0. The largest absolute Gasteiger partial charge is 0.423 e. The number of rotatable bonds is 7. The van der Waals surface area contributed by atoms with Crippen LogP contribution >= 0.6 is 0 Å². The van der Waals surface area contributed by atoms with Gasteiger partial charge in [0.25, 0.3) is 0 Å². The zero-order chi connectivity index (χ0) is 11.5. The second-order valence-electron chi connectivity index (χ2n) is 3.20. The second-order valence-corrected chi connectivity index (χ2v) is 3.20. The van der Waals surface area contributed by atoms with Crippen molar-refractivity contribution < 1.29 is 14.3 Å². The molecule has 0 N–H and O–H groups in total. The minimum Gasteiger partial charge on any atom is -0.423 e. The number of allylic oxidation sites excluding steroid dienone is 4. The highest BCUT2D eigenvalue weighted by atomic mass is 16.5. The zero-order valence-electron chi connectivity index (χ0n) is 9.36.